The second-order valence-electron chi connectivity index (χ2n) is 7.97. The molecule has 0 saturated carbocycles. The van der Waals surface area contributed by atoms with E-state index in [1.54, 1.807) is 0 Å². The van der Waals surface area contributed by atoms with Crippen LogP contribution in [-0.4, -0.2) is 30.9 Å². The molecule has 0 spiro atoms. The summed E-state index contributed by atoms with van der Waals surface area (Å²) in [5.74, 6) is -2.46. The first kappa shape index (κ1) is 26.6. The third-order valence-electron chi connectivity index (χ3n) is 4.84. The van der Waals surface area contributed by atoms with Crippen molar-refractivity contribution in [1.82, 2.24) is 0 Å². The van der Waals surface area contributed by atoms with E-state index in [-0.39, 0.29) is 27.9 Å². The molecule has 2 rings (SSSR count). The van der Waals surface area contributed by atoms with Gasteiger partial charge < -0.3 is 10.4 Å². The number of anilines is 1. The highest BCUT2D eigenvalue weighted by atomic mass is 35.5. The lowest BCUT2D eigenvalue weighted by Gasteiger charge is -2.28. The van der Waals surface area contributed by atoms with Crippen LogP contribution in [0.1, 0.15) is 37.0 Å². The lowest BCUT2D eigenvalue weighted by molar-refractivity contribution is -0.138. The molecule has 2 aromatic rings. The maximum Gasteiger partial charge on any atom is 0.417 e. The number of carbonyl (C=O) groups excluding carboxylic acids is 1. The van der Waals surface area contributed by atoms with Gasteiger partial charge in [0.15, 0.2) is 15.4 Å². The highest BCUT2D eigenvalue weighted by Gasteiger charge is 2.43. The van der Waals surface area contributed by atoms with Gasteiger partial charge in [0.25, 0.3) is 5.91 Å². The Morgan fingerprint density at radius 2 is 1.79 bits per heavy atom. The SMILES string of the molecule is CC(C)CCS(=O)(=O)CC(O)(C(=O)Nc1ccc(C#N)c(C(F)(F)F)c1)c1ccc(Cl)cc1. The van der Waals surface area contributed by atoms with Crippen LogP contribution in [0.15, 0.2) is 42.5 Å². The number of carbonyl (C=O) groups is 1. The largest absolute Gasteiger partial charge is 0.417 e. The maximum atomic E-state index is 13.3. The van der Waals surface area contributed by atoms with Crippen LogP contribution in [0.3, 0.4) is 0 Å². The first-order chi connectivity index (χ1) is 15.2. The van der Waals surface area contributed by atoms with Crippen molar-refractivity contribution in [3.8, 4) is 6.07 Å². The molecule has 2 N–H and O–H groups in total. The Hall–Kier alpha value is -2.61. The van der Waals surface area contributed by atoms with Gasteiger partial charge in [-0.3, -0.25) is 4.79 Å². The highest BCUT2D eigenvalue weighted by Crippen LogP contribution is 2.34. The maximum absolute atomic E-state index is 13.3. The monoisotopic (exact) mass is 502 g/mol. The van der Waals surface area contributed by atoms with E-state index in [2.05, 4.69) is 5.32 Å². The van der Waals surface area contributed by atoms with Crippen molar-refractivity contribution in [1.29, 1.82) is 5.26 Å². The minimum Gasteiger partial charge on any atom is -0.374 e. The van der Waals surface area contributed by atoms with Gasteiger partial charge in [-0.2, -0.15) is 18.4 Å². The van der Waals surface area contributed by atoms with Gasteiger partial charge in [0, 0.05) is 10.7 Å². The molecule has 0 aromatic heterocycles. The van der Waals surface area contributed by atoms with E-state index < -0.39 is 44.4 Å². The van der Waals surface area contributed by atoms with E-state index in [4.69, 9.17) is 16.9 Å². The summed E-state index contributed by atoms with van der Waals surface area (Å²) in [6, 6.07) is 9.12. The summed E-state index contributed by atoms with van der Waals surface area (Å²) < 4.78 is 65.1. The number of amides is 1. The molecular weight excluding hydrogens is 481 g/mol. The summed E-state index contributed by atoms with van der Waals surface area (Å²) in [7, 11) is -3.94. The zero-order valence-corrected chi connectivity index (χ0v) is 19.4. The number of halogens is 4. The van der Waals surface area contributed by atoms with Gasteiger partial charge in [0.1, 0.15) is 0 Å². The number of alkyl halides is 3. The molecule has 178 valence electrons. The standard InChI is InChI=1S/C22H22ClF3N2O4S/c1-14(2)9-10-33(31,32)13-21(30,16-4-6-17(23)7-5-16)20(29)28-18-8-3-15(12-27)19(11-18)22(24,25)26/h3-8,11,14,30H,9-10,13H2,1-2H3,(H,28,29). The zero-order chi connectivity index (χ0) is 25.0. The molecule has 0 aliphatic rings. The minimum absolute atomic E-state index is 0.0525. The first-order valence-corrected chi connectivity index (χ1v) is 12.0. The Kier molecular flexibility index (Phi) is 8.17. The second-order valence-corrected chi connectivity index (χ2v) is 10.6. The molecule has 1 amide bonds. The van der Waals surface area contributed by atoms with Gasteiger partial charge in [-0.25, -0.2) is 8.42 Å². The molecule has 0 saturated heterocycles. The van der Waals surface area contributed by atoms with Gasteiger partial charge >= 0.3 is 6.18 Å². The average molecular weight is 503 g/mol. The summed E-state index contributed by atoms with van der Waals surface area (Å²) >= 11 is 5.84. The summed E-state index contributed by atoms with van der Waals surface area (Å²) in [4.78, 5) is 13.0. The number of hydrogen-bond donors (Lipinski definition) is 2. The average Bonchev–Trinajstić information content (AvgIpc) is 2.71. The summed E-state index contributed by atoms with van der Waals surface area (Å²) in [5.41, 5.74) is -4.99. The number of nitrogens with zero attached hydrogens (tertiary/aromatic N) is 1. The molecule has 1 atom stereocenters. The highest BCUT2D eigenvalue weighted by molar-refractivity contribution is 7.91. The molecular formula is C22H22ClF3N2O4S. The van der Waals surface area contributed by atoms with Crippen LogP contribution >= 0.6 is 11.6 Å². The summed E-state index contributed by atoms with van der Waals surface area (Å²) in [6.45, 7) is 3.63. The van der Waals surface area contributed by atoms with Crippen molar-refractivity contribution in [3.05, 3.63) is 64.2 Å². The van der Waals surface area contributed by atoms with E-state index in [0.717, 1.165) is 12.1 Å². The normalized spacial score (nSPS) is 13.9. The van der Waals surface area contributed by atoms with Gasteiger partial charge in [-0.05, 0) is 48.2 Å². The molecule has 0 aliphatic heterocycles. The molecule has 0 aliphatic carbocycles. The van der Waals surface area contributed by atoms with Crippen LogP contribution in [0.25, 0.3) is 0 Å². The van der Waals surface area contributed by atoms with Crippen LogP contribution in [0, 0.1) is 17.2 Å². The van der Waals surface area contributed by atoms with Crippen LogP contribution in [0.5, 0.6) is 0 Å². The number of nitrogens with one attached hydrogen (secondary N) is 1. The molecule has 33 heavy (non-hydrogen) atoms. The molecule has 0 heterocycles. The number of hydrogen-bond acceptors (Lipinski definition) is 5. The molecule has 11 heteroatoms. The molecule has 2 aromatic carbocycles. The van der Waals surface area contributed by atoms with Crippen molar-refractivity contribution in [2.45, 2.75) is 32.0 Å². The predicted octanol–water partition coefficient (Wildman–Crippen LogP) is 4.52. The molecule has 1 unspecified atom stereocenters. The van der Waals surface area contributed by atoms with Crippen molar-refractivity contribution in [2.24, 2.45) is 5.92 Å². The smallest absolute Gasteiger partial charge is 0.374 e. The predicted molar refractivity (Wildman–Crippen MR) is 118 cm³/mol. The van der Waals surface area contributed by atoms with Gasteiger partial charge in [0.05, 0.1) is 28.7 Å². The minimum atomic E-state index is -4.86. The van der Waals surface area contributed by atoms with Crippen molar-refractivity contribution in [2.75, 3.05) is 16.8 Å². The Morgan fingerprint density at radius 3 is 2.30 bits per heavy atom. The fourth-order valence-electron chi connectivity index (χ4n) is 3.00. The van der Waals surface area contributed by atoms with Crippen LogP contribution < -0.4 is 5.32 Å². The van der Waals surface area contributed by atoms with E-state index >= 15 is 0 Å². The second kappa shape index (κ2) is 10.1. The lowest BCUT2D eigenvalue weighted by atomic mass is 9.94. The number of nitriles is 1. The number of aliphatic hydroxyl groups is 1. The Morgan fingerprint density at radius 1 is 1.18 bits per heavy atom. The van der Waals surface area contributed by atoms with Crippen molar-refractivity contribution < 1.29 is 31.5 Å². The van der Waals surface area contributed by atoms with Crippen LogP contribution in [0.4, 0.5) is 18.9 Å². The van der Waals surface area contributed by atoms with Crippen molar-refractivity contribution >= 4 is 33.0 Å². The topological polar surface area (TPSA) is 107 Å². The summed E-state index contributed by atoms with van der Waals surface area (Å²) in [6.07, 6.45) is -4.57. The van der Waals surface area contributed by atoms with E-state index in [1.807, 2.05) is 13.8 Å². The zero-order valence-electron chi connectivity index (χ0n) is 17.8. The third-order valence-corrected chi connectivity index (χ3v) is 6.80. The summed E-state index contributed by atoms with van der Waals surface area (Å²) in [5, 5.41) is 22.6. The first-order valence-electron chi connectivity index (χ1n) is 9.79. The number of benzene rings is 2. The van der Waals surface area contributed by atoms with E-state index in [0.29, 0.717) is 12.5 Å². The molecule has 0 fully saturated rings. The molecule has 0 bridgehead atoms. The van der Waals surface area contributed by atoms with Gasteiger partial charge in [0.2, 0.25) is 0 Å². The van der Waals surface area contributed by atoms with Crippen LogP contribution in [0.2, 0.25) is 5.02 Å². The number of rotatable bonds is 8. The van der Waals surface area contributed by atoms with Gasteiger partial charge in [-0.15, -0.1) is 0 Å². The molecule has 6 nitrogen and oxygen atoms in total. The van der Waals surface area contributed by atoms with Gasteiger partial charge in [-0.1, -0.05) is 37.6 Å². The Balaban J connectivity index is 2.47. The van der Waals surface area contributed by atoms with E-state index in [1.165, 1.54) is 30.3 Å². The van der Waals surface area contributed by atoms with Crippen molar-refractivity contribution in [3.63, 3.8) is 0 Å². The quantitative estimate of drug-likeness (QED) is 0.552. The fraction of sp³-hybridized carbons (Fsp3) is 0.364. The van der Waals surface area contributed by atoms with E-state index in [9.17, 15) is 31.5 Å². The van der Waals surface area contributed by atoms with Crippen LogP contribution in [-0.2, 0) is 26.4 Å². The Bertz CT molecular complexity index is 1160. The Labute approximate surface area is 194 Å². The molecule has 0 radical (unpaired) electrons. The fourth-order valence-corrected chi connectivity index (χ4v) is 5.03. The number of sulfone groups is 1. The lowest BCUT2D eigenvalue weighted by Crippen LogP contribution is -2.46. The third kappa shape index (κ3) is 6.93.